The zero-order chi connectivity index (χ0) is 9.02. The van der Waals surface area contributed by atoms with Crippen molar-refractivity contribution < 1.29 is 0 Å². The van der Waals surface area contributed by atoms with Gasteiger partial charge in [0.25, 0.3) is 0 Å². The maximum Gasteiger partial charge on any atom is -0.00971 e. The average molecular weight is 175 g/mol. The smallest absolute Gasteiger partial charge is 0.00971 e. The molecule has 0 aromatic heterocycles. The minimum Gasteiger partial charge on any atom is -0.288 e. The largest absolute Gasteiger partial charge is 0.288 e. The molecule has 0 spiro atoms. The van der Waals surface area contributed by atoms with E-state index in [2.05, 4.69) is 46.5 Å². The van der Waals surface area contributed by atoms with Crippen molar-refractivity contribution in [3.8, 4) is 0 Å². The zero-order valence-corrected chi connectivity index (χ0v) is 9.65. The second-order valence-electron chi connectivity index (χ2n) is 3.96. The van der Waals surface area contributed by atoms with Crippen LogP contribution in [0.15, 0.2) is 0 Å². The lowest BCUT2D eigenvalue weighted by Gasteiger charge is -2.29. The van der Waals surface area contributed by atoms with Crippen LogP contribution in [0.5, 0.6) is 0 Å². The molecule has 0 aromatic carbocycles. The first-order valence-electron chi connectivity index (χ1n) is 4.39. The van der Waals surface area contributed by atoms with E-state index < -0.39 is 0 Å². The van der Waals surface area contributed by atoms with Gasteiger partial charge in [-0.05, 0) is 39.9 Å². The monoisotopic (exact) mass is 175 g/mol. The highest BCUT2D eigenvalue weighted by Gasteiger charge is 2.15. The molecule has 0 radical (unpaired) electrons. The molecule has 0 rings (SSSR count). The summed E-state index contributed by atoms with van der Waals surface area (Å²) in [5.74, 6) is 0.839. The Hall–Kier alpha value is 0.390. The van der Waals surface area contributed by atoms with Gasteiger partial charge in [0.05, 0.1) is 0 Å². The predicted molar refractivity (Wildman–Crippen MR) is 55.4 cm³/mol. The van der Waals surface area contributed by atoms with Crippen molar-refractivity contribution in [1.29, 1.82) is 0 Å². The van der Waals surface area contributed by atoms with Crippen LogP contribution in [-0.4, -0.2) is 30.6 Å². The Balaban J connectivity index is 3.90. The molecule has 1 atom stereocenters. The van der Waals surface area contributed by atoms with E-state index in [1.807, 2.05) is 0 Å². The average Bonchev–Trinajstić information content (AvgIpc) is 1.81. The Morgan fingerprint density at radius 2 is 1.55 bits per heavy atom. The predicted octanol–water partition coefficient (Wildman–Crippen LogP) is 3.01. The second kappa shape index (κ2) is 5.11. The minimum atomic E-state index is 0.115. The standard InChI is InChI=1S/C9H22NP/c1-8(2)7-11(9(3)4)10(5)6/h8-9H,7H2,1-6H3. The van der Waals surface area contributed by atoms with Crippen LogP contribution >= 0.6 is 8.07 Å². The van der Waals surface area contributed by atoms with Gasteiger partial charge in [0.2, 0.25) is 0 Å². The van der Waals surface area contributed by atoms with E-state index in [0.717, 1.165) is 11.6 Å². The summed E-state index contributed by atoms with van der Waals surface area (Å²) in [4.78, 5) is 0. The number of hydrogen-bond acceptors (Lipinski definition) is 1. The van der Waals surface area contributed by atoms with E-state index >= 15 is 0 Å². The van der Waals surface area contributed by atoms with Crippen LogP contribution in [0.2, 0.25) is 0 Å². The van der Waals surface area contributed by atoms with Crippen molar-refractivity contribution in [3.63, 3.8) is 0 Å². The molecule has 0 saturated carbocycles. The molecule has 0 aliphatic heterocycles. The van der Waals surface area contributed by atoms with Gasteiger partial charge in [-0.2, -0.15) is 0 Å². The molecule has 68 valence electrons. The Morgan fingerprint density at radius 1 is 1.09 bits per heavy atom. The summed E-state index contributed by atoms with van der Waals surface area (Å²) in [5, 5.41) is 0. The van der Waals surface area contributed by atoms with Crippen molar-refractivity contribution in [2.24, 2.45) is 5.92 Å². The highest BCUT2D eigenvalue weighted by Crippen LogP contribution is 2.44. The molecule has 1 unspecified atom stereocenters. The van der Waals surface area contributed by atoms with Crippen molar-refractivity contribution >= 4 is 8.07 Å². The van der Waals surface area contributed by atoms with Gasteiger partial charge in [0, 0.05) is 0 Å². The van der Waals surface area contributed by atoms with Gasteiger partial charge >= 0.3 is 0 Å². The molecule has 11 heavy (non-hydrogen) atoms. The third kappa shape index (κ3) is 4.76. The zero-order valence-electron chi connectivity index (χ0n) is 8.76. The van der Waals surface area contributed by atoms with E-state index in [1.54, 1.807) is 0 Å². The van der Waals surface area contributed by atoms with Crippen molar-refractivity contribution in [2.75, 3.05) is 20.3 Å². The molecule has 0 saturated heterocycles. The Kier molecular flexibility index (Phi) is 5.29. The van der Waals surface area contributed by atoms with Crippen LogP contribution in [0.25, 0.3) is 0 Å². The van der Waals surface area contributed by atoms with Crippen molar-refractivity contribution in [1.82, 2.24) is 4.67 Å². The van der Waals surface area contributed by atoms with Gasteiger partial charge in [0.15, 0.2) is 0 Å². The lowest BCUT2D eigenvalue weighted by atomic mass is 10.3. The summed E-state index contributed by atoms with van der Waals surface area (Å²) in [6, 6.07) is 0. The van der Waals surface area contributed by atoms with E-state index in [4.69, 9.17) is 0 Å². The summed E-state index contributed by atoms with van der Waals surface area (Å²) in [5.41, 5.74) is 0.836. The Labute approximate surface area is 73.0 Å². The maximum atomic E-state index is 2.40. The molecule has 1 nitrogen and oxygen atoms in total. The van der Waals surface area contributed by atoms with Gasteiger partial charge < -0.3 is 0 Å². The topological polar surface area (TPSA) is 3.24 Å². The van der Waals surface area contributed by atoms with E-state index in [1.165, 1.54) is 6.16 Å². The lowest BCUT2D eigenvalue weighted by molar-refractivity contribution is 0.639. The van der Waals surface area contributed by atoms with E-state index in [0.29, 0.717) is 0 Å². The lowest BCUT2D eigenvalue weighted by Crippen LogP contribution is -2.15. The molecule has 0 heterocycles. The Morgan fingerprint density at radius 3 is 1.64 bits per heavy atom. The SMILES string of the molecule is CC(C)CP(C(C)C)N(C)C. The first-order chi connectivity index (χ1) is 4.95. The second-order valence-corrected chi connectivity index (χ2v) is 7.03. The third-order valence-electron chi connectivity index (χ3n) is 1.66. The molecular formula is C9H22NP. The molecule has 2 heteroatoms. The summed E-state index contributed by atoms with van der Waals surface area (Å²) in [6.45, 7) is 9.27. The molecule has 0 aliphatic carbocycles. The van der Waals surface area contributed by atoms with Gasteiger partial charge in [-0.3, -0.25) is 4.67 Å². The highest BCUT2D eigenvalue weighted by molar-refractivity contribution is 7.55. The number of hydrogen-bond donors (Lipinski definition) is 0. The molecule has 0 aliphatic rings. The number of nitrogens with zero attached hydrogens (tertiary/aromatic N) is 1. The fraction of sp³-hybridized carbons (Fsp3) is 1.00. The van der Waals surface area contributed by atoms with Gasteiger partial charge in [-0.25, -0.2) is 0 Å². The van der Waals surface area contributed by atoms with Crippen LogP contribution in [0.1, 0.15) is 27.7 Å². The van der Waals surface area contributed by atoms with E-state index in [-0.39, 0.29) is 8.07 Å². The molecule has 0 aromatic rings. The Bertz CT molecular complexity index is 91.7. The molecule has 0 fully saturated rings. The highest BCUT2D eigenvalue weighted by atomic mass is 31.1. The quantitative estimate of drug-likeness (QED) is 0.594. The van der Waals surface area contributed by atoms with Crippen LogP contribution < -0.4 is 0 Å². The number of rotatable bonds is 4. The van der Waals surface area contributed by atoms with Crippen LogP contribution in [0, 0.1) is 5.92 Å². The van der Waals surface area contributed by atoms with Crippen LogP contribution in [0.3, 0.4) is 0 Å². The molecule has 0 amide bonds. The van der Waals surface area contributed by atoms with Crippen LogP contribution in [0.4, 0.5) is 0 Å². The van der Waals surface area contributed by atoms with Gasteiger partial charge in [-0.1, -0.05) is 27.7 Å². The van der Waals surface area contributed by atoms with Crippen molar-refractivity contribution in [3.05, 3.63) is 0 Å². The van der Waals surface area contributed by atoms with Gasteiger partial charge in [0.1, 0.15) is 0 Å². The molecular weight excluding hydrogens is 153 g/mol. The van der Waals surface area contributed by atoms with Crippen molar-refractivity contribution in [2.45, 2.75) is 33.4 Å². The molecule has 0 N–H and O–H groups in total. The van der Waals surface area contributed by atoms with Crippen LogP contribution in [-0.2, 0) is 0 Å². The summed E-state index contributed by atoms with van der Waals surface area (Å²) in [7, 11) is 4.52. The summed E-state index contributed by atoms with van der Waals surface area (Å²) < 4.78 is 2.40. The fourth-order valence-corrected chi connectivity index (χ4v) is 3.63. The first kappa shape index (κ1) is 11.4. The third-order valence-corrected chi connectivity index (χ3v) is 4.99. The minimum absolute atomic E-state index is 0.115. The normalized spacial score (nSPS) is 15.0. The summed E-state index contributed by atoms with van der Waals surface area (Å²) in [6.07, 6.45) is 1.38. The summed E-state index contributed by atoms with van der Waals surface area (Å²) >= 11 is 0. The van der Waals surface area contributed by atoms with E-state index in [9.17, 15) is 0 Å². The fourth-order valence-electron chi connectivity index (χ4n) is 1.21. The first-order valence-corrected chi connectivity index (χ1v) is 5.94. The molecule has 0 bridgehead atoms. The maximum absolute atomic E-state index is 2.40. The van der Waals surface area contributed by atoms with Gasteiger partial charge in [-0.15, -0.1) is 0 Å².